The summed E-state index contributed by atoms with van der Waals surface area (Å²) >= 11 is 0. The highest BCUT2D eigenvalue weighted by molar-refractivity contribution is 5.79. The van der Waals surface area contributed by atoms with Gasteiger partial charge in [-0.05, 0) is 39.3 Å². The van der Waals surface area contributed by atoms with Gasteiger partial charge in [0.2, 0.25) is 0 Å². The van der Waals surface area contributed by atoms with Crippen molar-refractivity contribution in [1.82, 2.24) is 15.1 Å². The Morgan fingerprint density at radius 2 is 1.95 bits per heavy atom. The molecule has 3 N–H and O–H groups in total. The van der Waals surface area contributed by atoms with Crippen molar-refractivity contribution in [2.24, 2.45) is 0 Å². The number of hydrogen-bond acceptors (Lipinski definition) is 4. The highest BCUT2D eigenvalue weighted by atomic mass is 16.4. The van der Waals surface area contributed by atoms with Crippen molar-refractivity contribution in [3.8, 4) is 0 Å². The zero-order valence-corrected chi connectivity index (χ0v) is 11.8. The molecule has 2 aliphatic rings. The average molecular weight is 285 g/mol. The van der Waals surface area contributed by atoms with Crippen LogP contribution in [0, 0.1) is 0 Å². The van der Waals surface area contributed by atoms with E-state index in [1.54, 1.807) is 4.90 Å². The predicted molar refractivity (Wildman–Crippen MR) is 72.4 cm³/mol. The van der Waals surface area contributed by atoms with E-state index in [0.717, 1.165) is 19.5 Å². The van der Waals surface area contributed by atoms with Gasteiger partial charge >= 0.3 is 12.0 Å². The monoisotopic (exact) mass is 285 g/mol. The lowest BCUT2D eigenvalue weighted by Crippen LogP contribution is -2.50. The standard InChI is InChI=1S/C13H23N3O4/c1-13(20,11(17)18)9-14-12(19)16-7-4-10(8-16)15-5-2-3-6-15/h10,20H,2-9H2,1H3,(H,14,19)(H,17,18). The lowest BCUT2D eigenvalue weighted by atomic mass is 10.1. The van der Waals surface area contributed by atoms with Gasteiger partial charge in [-0.3, -0.25) is 4.90 Å². The number of carboxylic acid groups (broad SMARTS) is 1. The van der Waals surface area contributed by atoms with Gasteiger partial charge in [0, 0.05) is 19.1 Å². The molecule has 0 bridgehead atoms. The number of rotatable bonds is 4. The van der Waals surface area contributed by atoms with Crippen LogP contribution >= 0.6 is 0 Å². The first kappa shape index (κ1) is 15.1. The normalized spacial score (nSPS) is 26.5. The number of aliphatic hydroxyl groups is 1. The fraction of sp³-hybridized carbons (Fsp3) is 0.846. The summed E-state index contributed by atoms with van der Waals surface area (Å²) in [5.74, 6) is -1.34. The van der Waals surface area contributed by atoms with E-state index < -0.39 is 11.6 Å². The number of likely N-dealkylation sites (tertiary alicyclic amines) is 2. The zero-order chi connectivity index (χ0) is 14.8. The molecule has 7 heteroatoms. The number of carbonyl (C=O) groups is 2. The molecule has 0 aromatic rings. The molecule has 2 rings (SSSR count). The highest BCUT2D eigenvalue weighted by Gasteiger charge is 2.34. The molecule has 0 aromatic carbocycles. The Morgan fingerprint density at radius 1 is 1.30 bits per heavy atom. The molecular weight excluding hydrogens is 262 g/mol. The van der Waals surface area contributed by atoms with Crippen molar-refractivity contribution >= 4 is 12.0 Å². The third-order valence-corrected chi connectivity index (χ3v) is 4.15. The summed E-state index contributed by atoms with van der Waals surface area (Å²) in [6, 6.07) is 0.122. The van der Waals surface area contributed by atoms with Crippen molar-refractivity contribution in [3.05, 3.63) is 0 Å². The second-order valence-electron chi connectivity index (χ2n) is 5.87. The van der Waals surface area contributed by atoms with E-state index in [1.807, 2.05) is 0 Å². The maximum absolute atomic E-state index is 12.0. The van der Waals surface area contributed by atoms with Gasteiger partial charge in [-0.15, -0.1) is 0 Å². The number of carboxylic acids is 1. The molecule has 0 aromatic heterocycles. The molecule has 0 saturated carbocycles. The predicted octanol–water partition coefficient (Wildman–Crippen LogP) is -0.298. The molecule has 7 nitrogen and oxygen atoms in total. The van der Waals surface area contributed by atoms with Gasteiger partial charge in [-0.25, -0.2) is 9.59 Å². The molecule has 2 amide bonds. The average Bonchev–Trinajstić information content (AvgIpc) is 3.05. The SMILES string of the molecule is CC(O)(CNC(=O)N1CCC(N2CCCC2)C1)C(=O)O. The number of nitrogens with zero attached hydrogens (tertiary/aromatic N) is 2. The Bertz CT molecular complexity index is 380. The van der Waals surface area contributed by atoms with Crippen LogP contribution in [0.25, 0.3) is 0 Å². The van der Waals surface area contributed by atoms with Gasteiger partial charge in [0.1, 0.15) is 0 Å². The number of urea groups is 1. The van der Waals surface area contributed by atoms with Gasteiger partial charge in [-0.2, -0.15) is 0 Å². The Morgan fingerprint density at radius 3 is 2.55 bits per heavy atom. The van der Waals surface area contributed by atoms with Gasteiger partial charge in [-0.1, -0.05) is 0 Å². The van der Waals surface area contributed by atoms with Crippen LogP contribution in [0.1, 0.15) is 26.2 Å². The van der Waals surface area contributed by atoms with E-state index in [2.05, 4.69) is 10.2 Å². The summed E-state index contributed by atoms with van der Waals surface area (Å²) in [6.07, 6.45) is 3.41. The summed E-state index contributed by atoms with van der Waals surface area (Å²) in [5.41, 5.74) is -1.93. The number of amides is 2. The molecule has 2 aliphatic heterocycles. The maximum atomic E-state index is 12.0. The lowest BCUT2D eigenvalue weighted by molar-refractivity contribution is -0.155. The summed E-state index contributed by atoms with van der Waals surface area (Å²) in [7, 11) is 0. The Balaban J connectivity index is 1.78. The first-order chi connectivity index (χ1) is 9.40. The fourth-order valence-corrected chi connectivity index (χ4v) is 2.77. The molecule has 0 aliphatic carbocycles. The van der Waals surface area contributed by atoms with Gasteiger partial charge in [0.25, 0.3) is 0 Å². The van der Waals surface area contributed by atoms with E-state index in [-0.39, 0.29) is 12.6 Å². The van der Waals surface area contributed by atoms with Crippen LogP contribution in [-0.2, 0) is 4.79 Å². The van der Waals surface area contributed by atoms with Crippen molar-refractivity contribution < 1.29 is 19.8 Å². The minimum absolute atomic E-state index is 0.286. The minimum atomic E-state index is -1.93. The highest BCUT2D eigenvalue weighted by Crippen LogP contribution is 2.20. The topological polar surface area (TPSA) is 93.1 Å². The van der Waals surface area contributed by atoms with Crippen LogP contribution in [0.15, 0.2) is 0 Å². The first-order valence-electron chi connectivity index (χ1n) is 7.13. The molecule has 2 saturated heterocycles. The molecule has 2 unspecified atom stereocenters. The summed E-state index contributed by atoms with van der Waals surface area (Å²) in [5, 5.41) is 20.8. The third kappa shape index (κ3) is 3.40. The smallest absolute Gasteiger partial charge is 0.337 e. The molecular formula is C13H23N3O4. The van der Waals surface area contributed by atoms with E-state index in [0.29, 0.717) is 19.1 Å². The molecule has 2 atom stereocenters. The summed E-state index contributed by atoms with van der Waals surface area (Å²) in [4.78, 5) is 26.8. The van der Waals surface area contributed by atoms with E-state index in [1.165, 1.54) is 19.8 Å². The summed E-state index contributed by atoms with van der Waals surface area (Å²) in [6.45, 7) is 4.46. The zero-order valence-electron chi connectivity index (χ0n) is 11.8. The van der Waals surface area contributed by atoms with Gasteiger partial charge in [0.05, 0.1) is 6.54 Å². The van der Waals surface area contributed by atoms with Crippen molar-refractivity contribution in [3.63, 3.8) is 0 Å². The molecule has 0 spiro atoms. The Hall–Kier alpha value is -1.34. The Kier molecular flexibility index (Phi) is 4.49. The second kappa shape index (κ2) is 5.97. The largest absolute Gasteiger partial charge is 0.479 e. The van der Waals surface area contributed by atoms with Crippen molar-refractivity contribution in [2.75, 3.05) is 32.7 Å². The van der Waals surface area contributed by atoms with Crippen LogP contribution in [0.5, 0.6) is 0 Å². The molecule has 0 radical (unpaired) electrons. The maximum Gasteiger partial charge on any atom is 0.337 e. The molecule has 20 heavy (non-hydrogen) atoms. The number of hydrogen-bond donors (Lipinski definition) is 3. The van der Waals surface area contributed by atoms with E-state index >= 15 is 0 Å². The quantitative estimate of drug-likeness (QED) is 0.659. The molecule has 2 fully saturated rings. The third-order valence-electron chi connectivity index (χ3n) is 4.15. The molecule has 114 valence electrons. The first-order valence-corrected chi connectivity index (χ1v) is 7.13. The number of nitrogens with one attached hydrogen (secondary N) is 1. The summed E-state index contributed by atoms with van der Waals surface area (Å²) < 4.78 is 0. The van der Waals surface area contributed by atoms with Crippen LogP contribution < -0.4 is 5.32 Å². The number of carbonyl (C=O) groups excluding carboxylic acids is 1. The van der Waals surface area contributed by atoms with Crippen LogP contribution in [0.3, 0.4) is 0 Å². The van der Waals surface area contributed by atoms with Gasteiger partial charge < -0.3 is 20.4 Å². The van der Waals surface area contributed by atoms with Crippen LogP contribution in [0.4, 0.5) is 4.79 Å². The number of aliphatic carboxylic acids is 1. The van der Waals surface area contributed by atoms with Gasteiger partial charge in [0.15, 0.2) is 5.60 Å². The second-order valence-corrected chi connectivity index (χ2v) is 5.87. The lowest BCUT2D eigenvalue weighted by Gasteiger charge is -2.25. The van der Waals surface area contributed by atoms with Crippen LogP contribution in [0.2, 0.25) is 0 Å². The fourth-order valence-electron chi connectivity index (χ4n) is 2.77. The van der Waals surface area contributed by atoms with Crippen molar-refractivity contribution in [1.29, 1.82) is 0 Å². The van der Waals surface area contributed by atoms with Crippen molar-refractivity contribution in [2.45, 2.75) is 37.8 Å². The van der Waals surface area contributed by atoms with E-state index in [4.69, 9.17) is 5.11 Å². The van der Waals surface area contributed by atoms with Crippen LogP contribution in [-0.4, -0.2) is 76.4 Å². The molecule has 2 heterocycles. The van der Waals surface area contributed by atoms with E-state index in [9.17, 15) is 14.7 Å². The minimum Gasteiger partial charge on any atom is -0.479 e. The Labute approximate surface area is 118 Å².